The van der Waals surface area contributed by atoms with Crippen LogP contribution in [0.2, 0.25) is 0 Å². The highest BCUT2D eigenvalue weighted by molar-refractivity contribution is 5.95. The molecule has 0 saturated carbocycles. The van der Waals surface area contributed by atoms with Crippen molar-refractivity contribution in [1.29, 1.82) is 0 Å². The Morgan fingerprint density at radius 1 is 1.31 bits per heavy atom. The number of carbonyl (C=O) groups is 2. The standard InChI is InChI=1S/C11H15N3O2/c1-11(2,3)9(15)7-14-10(16)8-6-12-4-5-13-8/h4-6H,7H2,1-3H3,(H,14,16). The van der Waals surface area contributed by atoms with Crippen molar-refractivity contribution in [3.05, 3.63) is 24.3 Å². The first kappa shape index (κ1) is 12.3. The van der Waals surface area contributed by atoms with Gasteiger partial charge in [0.1, 0.15) is 5.69 Å². The lowest BCUT2D eigenvalue weighted by Gasteiger charge is -2.16. The molecule has 0 aliphatic rings. The molecule has 0 aliphatic carbocycles. The topological polar surface area (TPSA) is 72.0 Å². The van der Waals surface area contributed by atoms with E-state index in [9.17, 15) is 9.59 Å². The molecular weight excluding hydrogens is 206 g/mol. The van der Waals surface area contributed by atoms with E-state index in [-0.39, 0.29) is 23.9 Å². The zero-order chi connectivity index (χ0) is 12.2. The molecule has 86 valence electrons. The van der Waals surface area contributed by atoms with Crippen LogP contribution in [0.3, 0.4) is 0 Å². The first-order valence-corrected chi connectivity index (χ1v) is 4.99. The van der Waals surface area contributed by atoms with Crippen LogP contribution in [-0.2, 0) is 4.79 Å². The van der Waals surface area contributed by atoms with Gasteiger partial charge in [-0.1, -0.05) is 20.8 Å². The summed E-state index contributed by atoms with van der Waals surface area (Å²) < 4.78 is 0. The van der Waals surface area contributed by atoms with Crippen molar-refractivity contribution < 1.29 is 9.59 Å². The molecule has 1 aromatic rings. The second-order valence-corrected chi connectivity index (χ2v) is 4.45. The minimum Gasteiger partial charge on any atom is -0.344 e. The van der Waals surface area contributed by atoms with Crippen molar-refractivity contribution in [3.8, 4) is 0 Å². The predicted octanol–water partition coefficient (Wildman–Crippen LogP) is 0.822. The quantitative estimate of drug-likeness (QED) is 0.820. The molecule has 1 heterocycles. The number of amides is 1. The highest BCUT2D eigenvalue weighted by atomic mass is 16.2. The normalized spacial score (nSPS) is 10.9. The van der Waals surface area contributed by atoms with Crippen LogP contribution in [-0.4, -0.2) is 28.2 Å². The average molecular weight is 221 g/mol. The fraction of sp³-hybridized carbons (Fsp3) is 0.455. The van der Waals surface area contributed by atoms with E-state index in [2.05, 4.69) is 15.3 Å². The zero-order valence-corrected chi connectivity index (χ0v) is 9.65. The van der Waals surface area contributed by atoms with Crippen LogP contribution in [0.1, 0.15) is 31.3 Å². The molecule has 5 heteroatoms. The van der Waals surface area contributed by atoms with E-state index in [1.807, 2.05) is 20.8 Å². The molecule has 5 nitrogen and oxygen atoms in total. The summed E-state index contributed by atoms with van der Waals surface area (Å²) in [4.78, 5) is 30.7. The maximum absolute atomic E-state index is 11.5. The van der Waals surface area contributed by atoms with Crippen molar-refractivity contribution in [2.45, 2.75) is 20.8 Å². The van der Waals surface area contributed by atoms with Crippen molar-refractivity contribution in [3.63, 3.8) is 0 Å². The number of ketones is 1. The van der Waals surface area contributed by atoms with Gasteiger partial charge in [0.15, 0.2) is 5.78 Å². The fourth-order valence-electron chi connectivity index (χ4n) is 0.933. The molecule has 0 aromatic carbocycles. The second-order valence-electron chi connectivity index (χ2n) is 4.45. The fourth-order valence-corrected chi connectivity index (χ4v) is 0.933. The van der Waals surface area contributed by atoms with Crippen molar-refractivity contribution in [2.24, 2.45) is 5.41 Å². The van der Waals surface area contributed by atoms with Gasteiger partial charge in [-0.15, -0.1) is 0 Å². The first-order chi connectivity index (χ1) is 7.41. The molecular formula is C11H15N3O2. The van der Waals surface area contributed by atoms with Crippen LogP contribution in [0.25, 0.3) is 0 Å². The summed E-state index contributed by atoms with van der Waals surface area (Å²) in [6.07, 6.45) is 4.27. The lowest BCUT2D eigenvalue weighted by molar-refractivity contribution is -0.125. The van der Waals surface area contributed by atoms with E-state index in [0.717, 1.165) is 0 Å². The minimum atomic E-state index is -0.449. The lowest BCUT2D eigenvalue weighted by Crippen LogP contribution is -2.35. The van der Waals surface area contributed by atoms with E-state index in [1.165, 1.54) is 18.6 Å². The number of rotatable bonds is 3. The van der Waals surface area contributed by atoms with Crippen LogP contribution < -0.4 is 5.32 Å². The Labute approximate surface area is 94.3 Å². The third kappa shape index (κ3) is 3.42. The van der Waals surface area contributed by atoms with Crippen molar-refractivity contribution in [2.75, 3.05) is 6.54 Å². The van der Waals surface area contributed by atoms with Crippen LogP contribution in [0.4, 0.5) is 0 Å². The van der Waals surface area contributed by atoms with Gasteiger partial charge in [-0.25, -0.2) is 4.98 Å². The molecule has 0 radical (unpaired) electrons. The summed E-state index contributed by atoms with van der Waals surface area (Å²) in [5.74, 6) is -0.407. The summed E-state index contributed by atoms with van der Waals surface area (Å²) in [6.45, 7) is 5.44. The molecule has 1 N–H and O–H groups in total. The second kappa shape index (κ2) is 4.83. The van der Waals surface area contributed by atoms with E-state index in [4.69, 9.17) is 0 Å². The third-order valence-electron chi connectivity index (χ3n) is 2.04. The number of hydrogen-bond acceptors (Lipinski definition) is 4. The summed E-state index contributed by atoms with van der Waals surface area (Å²) in [5, 5.41) is 2.51. The van der Waals surface area contributed by atoms with Gasteiger partial charge < -0.3 is 5.32 Å². The van der Waals surface area contributed by atoms with E-state index >= 15 is 0 Å². The first-order valence-electron chi connectivity index (χ1n) is 4.99. The summed E-state index contributed by atoms with van der Waals surface area (Å²) in [7, 11) is 0. The Morgan fingerprint density at radius 2 is 2.00 bits per heavy atom. The lowest BCUT2D eigenvalue weighted by atomic mass is 9.91. The molecule has 16 heavy (non-hydrogen) atoms. The smallest absolute Gasteiger partial charge is 0.271 e. The number of aromatic nitrogens is 2. The molecule has 0 atom stereocenters. The molecule has 1 amide bonds. The number of hydrogen-bond donors (Lipinski definition) is 1. The Balaban J connectivity index is 2.52. The van der Waals surface area contributed by atoms with Gasteiger partial charge in [-0.05, 0) is 0 Å². The number of nitrogens with one attached hydrogen (secondary N) is 1. The molecule has 0 saturated heterocycles. The average Bonchev–Trinajstić information content (AvgIpc) is 2.25. The molecule has 0 unspecified atom stereocenters. The molecule has 0 spiro atoms. The Bertz CT molecular complexity index is 382. The van der Waals surface area contributed by atoms with Gasteiger partial charge >= 0.3 is 0 Å². The van der Waals surface area contributed by atoms with E-state index < -0.39 is 5.41 Å². The van der Waals surface area contributed by atoms with Gasteiger partial charge in [0.05, 0.1) is 12.7 Å². The van der Waals surface area contributed by atoms with Gasteiger partial charge in [-0.2, -0.15) is 0 Å². The maximum atomic E-state index is 11.5. The zero-order valence-electron chi connectivity index (χ0n) is 9.65. The van der Waals surface area contributed by atoms with Gasteiger partial charge in [0.2, 0.25) is 0 Å². The largest absolute Gasteiger partial charge is 0.344 e. The van der Waals surface area contributed by atoms with E-state index in [1.54, 1.807) is 0 Å². The van der Waals surface area contributed by atoms with Crippen LogP contribution in [0.5, 0.6) is 0 Å². The predicted molar refractivity (Wildman–Crippen MR) is 58.8 cm³/mol. The molecule has 1 aromatic heterocycles. The molecule has 0 aliphatic heterocycles. The monoisotopic (exact) mass is 221 g/mol. The van der Waals surface area contributed by atoms with Crippen LogP contribution in [0.15, 0.2) is 18.6 Å². The molecule has 0 fully saturated rings. The maximum Gasteiger partial charge on any atom is 0.271 e. The van der Waals surface area contributed by atoms with Gasteiger partial charge in [-0.3, -0.25) is 14.6 Å². The third-order valence-corrected chi connectivity index (χ3v) is 2.04. The van der Waals surface area contributed by atoms with E-state index in [0.29, 0.717) is 0 Å². The highest BCUT2D eigenvalue weighted by Crippen LogP contribution is 2.13. The Morgan fingerprint density at radius 3 is 2.50 bits per heavy atom. The Hall–Kier alpha value is -1.78. The summed E-state index contributed by atoms with van der Waals surface area (Å²) in [5.41, 5.74) is -0.237. The summed E-state index contributed by atoms with van der Waals surface area (Å²) >= 11 is 0. The number of Topliss-reactive ketones (excluding diaryl/α,β-unsaturated/α-hetero) is 1. The van der Waals surface area contributed by atoms with Crippen molar-refractivity contribution >= 4 is 11.7 Å². The van der Waals surface area contributed by atoms with Gasteiger partial charge in [0.25, 0.3) is 5.91 Å². The molecule has 0 bridgehead atoms. The number of nitrogens with zero attached hydrogens (tertiary/aromatic N) is 2. The SMILES string of the molecule is CC(C)(C)C(=O)CNC(=O)c1cnccn1. The highest BCUT2D eigenvalue weighted by Gasteiger charge is 2.21. The Kier molecular flexibility index (Phi) is 3.71. The van der Waals surface area contributed by atoms with Crippen LogP contribution >= 0.6 is 0 Å². The number of carbonyl (C=O) groups excluding carboxylic acids is 2. The van der Waals surface area contributed by atoms with Crippen molar-refractivity contribution in [1.82, 2.24) is 15.3 Å². The van der Waals surface area contributed by atoms with Crippen LogP contribution in [0, 0.1) is 5.41 Å². The molecule has 1 rings (SSSR count). The summed E-state index contributed by atoms with van der Waals surface area (Å²) in [6, 6.07) is 0. The minimum absolute atomic E-state index is 0.0128. The van der Waals surface area contributed by atoms with Gasteiger partial charge in [0, 0.05) is 17.8 Å².